The number of ether oxygens (including phenoxy) is 1. The van der Waals surface area contributed by atoms with Gasteiger partial charge in [-0.3, -0.25) is 0 Å². The predicted molar refractivity (Wildman–Crippen MR) is 107 cm³/mol. The Morgan fingerprint density at radius 2 is 1.92 bits per heavy atom. The first kappa shape index (κ1) is 16.5. The largest absolute Gasteiger partial charge is 0.493 e. The van der Waals surface area contributed by atoms with E-state index in [0.717, 1.165) is 23.2 Å². The molecule has 1 unspecified atom stereocenters. The molecule has 25 heavy (non-hydrogen) atoms. The number of hydrogen-bond donors (Lipinski definition) is 0. The molecule has 0 aromatic heterocycles. The van der Waals surface area contributed by atoms with Gasteiger partial charge in [-0.1, -0.05) is 30.3 Å². The zero-order chi connectivity index (χ0) is 17.6. The number of halogens is 1. The molecule has 3 nitrogen and oxygen atoms in total. The molecule has 0 amide bonds. The summed E-state index contributed by atoms with van der Waals surface area (Å²) in [7, 11) is 4.23. The molecule has 2 aromatic rings. The summed E-state index contributed by atoms with van der Waals surface area (Å²) in [5, 5.41) is 0. The summed E-state index contributed by atoms with van der Waals surface area (Å²) in [6.45, 7) is 3.04. The van der Waals surface area contributed by atoms with E-state index in [9.17, 15) is 0 Å². The standard InChI is InChI=1S/C21H23BrN2O/c1-14-13-19(23(2)3)16-8-6-9-17(22)21(16)24(14)18-11-12-25-20-10-5-4-7-15(18)20/h4-10,13-14,18H,11-12H2,1-3H3/t14?,18-/m0/s1. The van der Waals surface area contributed by atoms with Crippen LogP contribution in [-0.4, -0.2) is 31.6 Å². The van der Waals surface area contributed by atoms with Gasteiger partial charge in [0.2, 0.25) is 0 Å². The predicted octanol–water partition coefficient (Wildman–Crippen LogP) is 5.08. The summed E-state index contributed by atoms with van der Waals surface area (Å²) < 4.78 is 7.04. The van der Waals surface area contributed by atoms with Crippen molar-refractivity contribution in [2.45, 2.75) is 25.4 Å². The van der Waals surface area contributed by atoms with Crippen LogP contribution in [0.2, 0.25) is 0 Å². The van der Waals surface area contributed by atoms with Crippen LogP contribution in [0.5, 0.6) is 5.75 Å². The van der Waals surface area contributed by atoms with E-state index in [1.807, 2.05) is 0 Å². The van der Waals surface area contributed by atoms with Crippen LogP contribution in [-0.2, 0) is 0 Å². The Morgan fingerprint density at radius 1 is 1.12 bits per heavy atom. The fourth-order valence-corrected chi connectivity index (χ4v) is 4.60. The Bertz CT molecular complexity index is 830. The Balaban J connectivity index is 1.88. The van der Waals surface area contributed by atoms with E-state index in [1.165, 1.54) is 22.5 Å². The molecule has 0 spiro atoms. The van der Waals surface area contributed by atoms with Crippen molar-refractivity contribution in [3.05, 3.63) is 64.1 Å². The van der Waals surface area contributed by atoms with E-state index in [1.54, 1.807) is 0 Å². The van der Waals surface area contributed by atoms with Crippen LogP contribution in [0.3, 0.4) is 0 Å². The quantitative estimate of drug-likeness (QED) is 0.700. The molecule has 2 aliphatic heterocycles. The Kier molecular flexibility index (Phi) is 4.24. The molecule has 0 bridgehead atoms. The first-order chi connectivity index (χ1) is 12.1. The van der Waals surface area contributed by atoms with Crippen molar-refractivity contribution in [1.82, 2.24) is 4.90 Å². The van der Waals surface area contributed by atoms with E-state index in [0.29, 0.717) is 12.1 Å². The van der Waals surface area contributed by atoms with Crippen molar-refractivity contribution in [3.8, 4) is 5.75 Å². The van der Waals surface area contributed by atoms with Gasteiger partial charge in [-0.25, -0.2) is 0 Å². The second-order valence-electron chi connectivity index (χ2n) is 6.92. The number of benzene rings is 2. The summed E-state index contributed by atoms with van der Waals surface area (Å²) in [4.78, 5) is 4.75. The van der Waals surface area contributed by atoms with Gasteiger partial charge in [0.15, 0.2) is 0 Å². The van der Waals surface area contributed by atoms with Gasteiger partial charge in [0.1, 0.15) is 5.75 Å². The molecule has 0 saturated heterocycles. The van der Waals surface area contributed by atoms with Crippen LogP contribution in [0.25, 0.3) is 5.70 Å². The molecule has 0 saturated carbocycles. The molecule has 0 aliphatic carbocycles. The third-order valence-electron chi connectivity index (χ3n) is 5.10. The minimum atomic E-state index is 0.305. The van der Waals surface area contributed by atoms with Crippen molar-refractivity contribution in [1.29, 1.82) is 0 Å². The van der Waals surface area contributed by atoms with E-state index < -0.39 is 0 Å². The van der Waals surface area contributed by atoms with Crippen molar-refractivity contribution < 1.29 is 4.74 Å². The lowest BCUT2D eigenvalue weighted by atomic mass is 9.92. The van der Waals surface area contributed by atoms with E-state index in [-0.39, 0.29) is 0 Å². The zero-order valence-electron chi connectivity index (χ0n) is 14.9. The van der Waals surface area contributed by atoms with Gasteiger partial charge in [0.05, 0.1) is 18.3 Å². The topological polar surface area (TPSA) is 15.7 Å². The highest BCUT2D eigenvalue weighted by molar-refractivity contribution is 9.10. The van der Waals surface area contributed by atoms with Gasteiger partial charge in [0, 0.05) is 47.9 Å². The van der Waals surface area contributed by atoms with Gasteiger partial charge < -0.3 is 14.5 Å². The highest BCUT2D eigenvalue weighted by Crippen LogP contribution is 2.47. The monoisotopic (exact) mass is 398 g/mol. The van der Waals surface area contributed by atoms with Crippen molar-refractivity contribution in [2.75, 3.05) is 25.6 Å². The average molecular weight is 399 g/mol. The average Bonchev–Trinajstić information content (AvgIpc) is 2.61. The number of anilines is 1. The lowest BCUT2D eigenvalue weighted by molar-refractivity contribution is 0.262. The molecule has 4 heteroatoms. The lowest BCUT2D eigenvalue weighted by Gasteiger charge is -2.45. The maximum atomic E-state index is 5.90. The summed E-state index contributed by atoms with van der Waals surface area (Å²) in [5.74, 6) is 1.02. The van der Waals surface area contributed by atoms with E-state index >= 15 is 0 Å². The fourth-order valence-electron chi connectivity index (χ4n) is 4.03. The molecule has 2 atom stereocenters. The number of hydrogen-bond acceptors (Lipinski definition) is 3. The lowest BCUT2D eigenvalue weighted by Crippen LogP contribution is -2.41. The number of para-hydroxylation sites is 2. The molecule has 2 heterocycles. The third-order valence-corrected chi connectivity index (χ3v) is 5.74. The first-order valence-electron chi connectivity index (χ1n) is 8.76. The number of rotatable bonds is 2. The highest BCUT2D eigenvalue weighted by Gasteiger charge is 2.35. The van der Waals surface area contributed by atoms with Crippen LogP contribution < -0.4 is 9.64 Å². The summed E-state index contributed by atoms with van der Waals surface area (Å²) in [6.07, 6.45) is 3.36. The van der Waals surface area contributed by atoms with Gasteiger partial charge in [0.25, 0.3) is 0 Å². The Morgan fingerprint density at radius 3 is 2.72 bits per heavy atom. The van der Waals surface area contributed by atoms with Crippen molar-refractivity contribution >= 4 is 27.3 Å². The van der Waals surface area contributed by atoms with Gasteiger partial charge in [-0.2, -0.15) is 0 Å². The second-order valence-corrected chi connectivity index (χ2v) is 7.78. The minimum absolute atomic E-state index is 0.305. The van der Waals surface area contributed by atoms with Crippen LogP contribution in [0, 0.1) is 0 Å². The van der Waals surface area contributed by atoms with Crippen LogP contribution in [0.4, 0.5) is 5.69 Å². The maximum Gasteiger partial charge on any atom is 0.124 e. The summed E-state index contributed by atoms with van der Waals surface area (Å²) in [5.41, 5.74) is 5.12. The normalized spacial score (nSPS) is 21.8. The molecule has 2 aliphatic rings. The minimum Gasteiger partial charge on any atom is -0.493 e. The smallest absolute Gasteiger partial charge is 0.124 e. The zero-order valence-corrected chi connectivity index (χ0v) is 16.5. The number of fused-ring (bicyclic) bond motifs is 2. The maximum absolute atomic E-state index is 5.90. The van der Waals surface area contributed by atoms with Gasteiger partial charge in [-0.15, -0.1) is 0 Å². The summed E-state index contributed by atoms with van der Waals surface area (Å²) >= 11 is 3.81. The third kappa shape index (κ3) is 2.73. The SMILES string of the molecule is CC1C=C(N(C)C)c2cccc(Br)c2N1[C@H]1CCOc2ccccc21. The van der Waals surface area contributed by atoms with Gasteiger partial charge >= 0.3 is 0 Å². The Hall–Kier alpha value is -1.94. The van der Waals surface area contributed by atoms with Crippen molar-refractivity contribution in [2.24, 2.45) is 0 Å². The number of nitrogens with zero attached hydrogens (tertiary/aromatic N) is 2. The molecule has 130 valence electrons. The fraction of sp³-hybridized carbons (Fsp3) is 0.333. The van der Waals surface area contributed by atoms with E-state index in [4.69, 9.17) is 4.74 Å². The molecule has 0 fully saturated rings. The molecule has 2 aromatic carbocycles. The van der Waals surface area contributed by atoms with Crippen LogP contribution >= 0.6 is 15.9 Å². The molecular formula is C21H23BrN2O. The second kappa shape index (κ2) is 6.41. The van der Waals surface area contributed by atoms with E-state index in [2.05, 4.69) is 95.3 Å². The molecule has 0 radical (unpaired) electrons. The van der Waals surface area contributed by atoms with Crippen molar-refractivity contribution in [3.63, 3.8) is 0 Å². The molecular weight excluding hydrogens is 376 g/mol. The Labute approximate surface area is 158 Å². The highest BCUT2D eigenvalue weighted by atomic mass is 79.9. The van der Waals surface area contributed by atoms with Crippen LogP contribution in [0.15, 0.2) is 53.0 Å². The van der Waals surface area contributed by atoms with Crippen LogP contribution in [0.1, 0.15) is 30.5 Å². The first-order valence-corrected chi connectivity index (χ1v) is 9.55. The summed E-state index contributed by atoms with van der Waals surface area (Å²) in [6, 6.07) is 15.5. The molecule has 4 rings (SSSR count). The molecule has 0 N–H and O–H groups in total. The van der Waals surface area contributed by atoms with Gasteiger partial charge in [-0.05, 0) is 41.1 Å².